The third-order valence-electron chi connectivity index (χ3n) is 4.84. The number of carbonyl (C=O) groups is 1. The normalized spacial score (nSPS) is 17.5. The molecule has 1 aromatic carbocycles. The van der Waals surface area contributed by atoms with Crippen LogP contribution in [0.25, 0.3) is 11.5 Å². The lowest BCUT2D eigenvalue weighted by atomic mass is 10.1. The Morgan fingerprint density at radius 1 is 1.28 bits per heavy atom. The van der Waals surface area contributed by atoms with Gasteiger partial charge < -0.3 is 4.42 Å². The maximum atomic E-state index is 12.8. The van der Waals surface area contributed by atoms with Crippen molar-refractivity contribution < 1.29 is 17.6 Å². The van der Waals surface area contributed by atoms with E-state index >= 15 is 0 Å². The average Bonchev–Trinajstić information content (AvgIpc) is 3.45. The molecule has 0 radical (unpaired) electrons. The van der Waals surface area contributed by atoms with E-state index in [-0.39, 0.29) is 10.2 Å². The van der Waals surface area contributed by atoms with Gasteiger partial charge in [-0.1, -0.05) is 28.9 Å². The molecule has 1 fully saturated rings. The van der Waals surface area contributed by atoms with Crippen LogP contribution >= 0.6 is 11.3 Å². The number of rotatable bonds is 5. The second kappa shape index (κ2) is 7.69. The summed E-state index contributed by atoms with van der Waals surface area (Å²) in [4.78, 5) is 12.8. The molecule has 4 rings (SSSR count). The Bertz CT molecular complexity index is 1140. The van der Waals surface area contributed by atoms with Gasteiger partial charge >= 0.3 is 6.01 Å². The molecule has 2 aromatic heterocycles. The van der Waals surface area contributed by atoms with Crippen molar-refractivity contribution in [3.05, 3.63) is 46.8 Å². The molecule has 0 bridgehead atoms. The number of thiophene rings is 1. The molecule has 3 heterocycles. The fourth-order valence-corrected chi connectivity index (χ4v) is 6.13. The maximum absolute atomic E-state index is 12.8. The highest BCUT2D eigenvalue weighted by Gasteiger charge is 2.40. The Hall–Kier alpha value is -2.56. The van der Waals surface area contributed by atoms with Crippen LogP contribution in [0.5, 0.6) is 0 Å². The standard InChI is InChI=1S/C19H20N4O4S2/c1-12-7-8-13(2)14(11-12)18-21-22-19(27-18)20-17(24)15-5-3-9-23(15)29(25,26)16-6-4-10-28-16/h4,6-8,10-11,15H,3,5,9H2,1-2H3,(H,20,22,24). The number of nitrogens with one attached hydrogen (secondary N) is 1. The Morgan fingerprint density at radius 3 is 2.86 bits per heavy atom. The van der Waals surface area contributed by atoms with Gasteiger partial charge in [0.2, 0.25) is 11.8 Å². The van der Waals surface area contributed by atoms with E-state index in [0.29, 0.717) is 25.3 Å². The quantitative estimate of drug-likeness (QED) is 0.664. The minimum absolute atomic E-state index is 0.0497. The molecule has 1 aliphatic rings. The van der Waals surface area contributed by atoms with Gasteiger partial charge in [-0.25, -0.2) is 8.42 Å². The fourth-order valence-electron chi connectivity index (χ4n) is 3.35. The largest absolute Gasteiger partial charge is 0.403 e. The van der Waals surface area contributed by atoms with Crippen molar-refractivity contribution in [3.8, 4) is 11.5 Å². The molecule has 152 valence electrons. The third kappa shape index (κ3) is 3.83. The molecule has 3 aromatic rings. The summed E-state index contributed by atoms with van der Waals surface area (Å²) in [7, 11) is -3.71. The molecule has 1 N–H and O–H groups in total. The topological polar surface area (TPSA) is 105 Å². The number of nitrogens with zero attached hydrogens (tertiary/aromatic N) is 3. The van der Waals surface area contributed by atoms with Crippen molar-refractivity contribution in [2.75, 3.05) is 11.9 Å². The molecule has 1 amide bonds. The Morgan fingerprint density at radius 2 is 2.10 bits per heavy atom. The summed E-state index contributed by atoms with van der Waals surface area (Å²) < 4.78 is 32.7. The number of benzene rings is 1. The van der Waals surface area contributed by atoms with E-state index in [1.807, 2.05) is 32.0 Å². The molecular weight excluding hydrogens is 412 g/mol. The number of aromatic nitrogens is 2. The van der Waals surface area contributed by atoms with Crippen molar-refractivity contribution >= 4 is 33.3 Å². The molecule has 0 aliphatic carbocycles. The number of aryl methyl sites for hydroxylation is 2. The van der Waals surface area contributed by atoms with Crippen molar-refractivity contribution in [1.82, 2.24) is 14.5 Å². The van der Waals surface area contributed by atoms with Gasteiger partial charge in [-0.15, -0.1) is 16.4 Å². The molecule has 0 spiro atoms. The summed E-state index contributed by atoms with van der Waals surface area (Å²) in [6, 6.07) is 8.24. The van der Waals surface area contributed by atoms with Gasteiger partial charge in [-0.3, -0.25) is 10.1 Å². The summed E-state index contributed by atoms with van der Waals surface area (Å²) >= 11 is 1.14. The van der Waals surface area contributed by atoms with Gasteiger partial charge in [0.15, 0.2) is 0 Å². The molecule has 1 aliphatic heterocycles. The molecule has 10 heteroatoms. The molecular formula is C19H20N4O4S2. The van der Waals surface area contributed by atoms with E-state index in [4.69, 9.17) is 4.42 Å². The lowest BCUT2D eigenvalue weighted by Crippen LogP contribution is -2.42. The number of sulfonamides is 1. The first-order valence-corrected chi connectivity index (χ1v) is 11.5. The predicted octanol–water partition coefficient (Wildman–Crippen LogP) is 3.21. The lowest BCUT2D eigenvalue weighted by Gasteiger charge is -2.21. The van der Waals surface area contributed by atoms with E-state index in [2.05, 4.69) is 15.5 Å². The molecule has 29 heavy (non-hydrogen) atoms. The molecule has 1 atom stereocenters. The summed E-state index contributed by atoms with van der Waals surface area (Å²) in [5.41, 5.74) is 2.82. The van der Waals surface area contributed by atoms with E-state index in [1.165, 1.54) is 4.31 Å². The minimum atomic E-state index is -3.71. The van der Waals surface area contributed by atoms with Gasteiger partial charge in [0.05, 0.1) is 0 Å². The number of hydrogen-bond acceptors (Lipinski definition) is 7. The molecule has 1 unspecified atom stereocenters. The van der Waals surface area contributed by atoms with Gasteiger partial charge in [-0.2, -0.15) is 4.31 Å². The van der Waals surface area contributed by atoms with Crippen molar-refractivity contribution in [2.24, 2.45) is 0 Å². The van der Waals surface area contributed by atoms with E-state index < -0.39 is 22.0 Å². The molecule has 1 saturated heterocycles. The second-order valence-electron chi connectivity index (χ2n) is 6.93. The van der Waals surface area contributed by atoms with Crippen molar-refractivity contribution in [1.29, 1.82) is 0 Å². The first-order valence-electron chi connectivity index (χ1n) is 9.13. The van der Waals surface area contributed by atoms with Crippen LogP contribution in [0.4, 0.5) is 6.01 Å². The van der Waals surface area contributed by atoms with E-state index in [9.17, 15) is 13.2 Å². The highest BCUT2D eigenvalue weighted by atomic mass is 32.2. The van der Waals surface area contributed by atoms with Crippen LogP contribution in [0.15, 0.2) is 44.3 Å². The number of amides is 1. The van der Waals surface area contributed by atoms with E-state index in [1.54, 1.807) is 17.5 Å². The first kappa shape index (κ1) is 19.7. The maximum Gasteiger partial charge on any atom is 0.322 e. The van der Waals surface area contributed by atoms with Crippen LogP contribution in [0.1, 0.15) is 24.0 Å². The average molecular weight is 433 g/mol. The third-order valence-corrected chi connectivity index (χ3v) is 8.12. The zero-order chi connectivity index (χ0) is 20.6. The number of hydrogen-bond donors (Lipinski definition) is 1. The van der Waals surface area contributed by atoms with Gasteiger partial charge in [0.1, 0.15) is 10.3 Å². The molecule has 8 nitrogen and oxygen atoms in total. The van der Waals surface area contributed by atoms with Crippen LogP contribution < -0.4 is 5.32 Å². The van der Waals surface area contributed by atoms with Crippen LogP contribution in [0.2, 0.25) is 0 Å². The summed E-state index contributed by atoms with van der Waals surface area (Å²) in [6.07, 6.45) is 1.05. The molecule has 0 saturated carbocycles. The van der Waals surface area contributed by atoms with Crippen LogP contribution in [-0.2, 0) is 14.8 Å². The minimum Gasteiger partial charge on any atom is -0.403 e. The van der Waals surface area contributed by atoms with Gasteiger partial charge in [0, 0.05) is 12.1 Å². The lowest BCUT2D eigenvalue weighted by molar-refractivity contribution is -0.119. The highest BCUT2D eigenvalue weighted by molar-refractivity contribution is 7.91. The monoisotopic (exact) mass is 432 g/mol. The Kier molecular flexibility index (Phi) is 5.24. The fraction of sp³-hybridized carbons (Fsp3) is 0.316. The number of anilines is 1. The highest BCUT2D eigenvalue weighted by Crippen LogP contribution is 2.30. The second-order valence-corrected chi connectivity index (χ2v) is 9.99. The van der Waals surface area contributed by atoms with Crippen LogP contribution in [-0.4, -0.2) is 41.4 Å². The smallest absolute Gasteiger partial charge is 0.322 e. The predicted molar refractivity (Wildman–Crippen MR) is 109 cm³/mol. The number of carbonyl (C=O) groups excluding carboxylic acids is 1. The van der Waals surface area contributed by atoms with E-state index in [0.717, 1.165) is 28.0 Å². The first-order chi connectivity index (χ1) is 13.9. The zero-order valence-corrected chi connectivity index (χ0v) is 17.6. The zero-order valence-electron chi connectivity index (χ0n) is 16.0. The van der Waals surface area contributed by atoms with Crippen LogP contribution in [0, 0.1) is 13.8 Å². The summed E-state index contributed by atoms with van der Waals surface area (Å²) in [6.45, 7) is 4.20. The van der Waals surface area contributed by atoms with Crippen molar-refractivity contribution in [3.63, 3.8) is 0 Å². The summed E-state index contributed by atoms with van der Waals surface area (Å²) in [5, 5.41) is 12.2. The van der Waals surface area contributed by atoms with Crippen LogP contribution in [0.3, 0.4) is 0 Å². The summed E-state index contributed by atoms with van der Waals surface area (Å²) in [5.74, 6) is -0.171. The van der Waals surface area contributed by atoms with Crippen molar-refractivity contribution in [2.45, 2.75) is 36.9 Å². The van der Waals surface area contributed by atoms with Gasteiger partial charge in [0.25, 0.3) is 10.0 Å². The van der Waals surface area contributed by atoms with Gasteiger partial charge in [-0.05, 0) is 49.8 Å². The Balaban J connectivity index is 1.52. The SMILES string of the molecule is Cc1ccc(C)c(-c2nnc(NC(=O)C3CCCN3S(=O)(=O)c3cccs3)o2)c1. The Labute approximate surface area is 172 Å².